The molecule has 120 valence electrons. The van der Waals surface area contributed by atoms with E-state index in [2.05, 4.69) is 4.98 Å². The van der Waals surface area contributed by atoms with Gasteiger partial charge in [-0.2, -0.15) is 0 Å². The quantitative estimate of drug-likeness (QED) is 0.680. The predicted octanol–water partition coefficient (Wildman–Crippen LogP) is 3.30. The number of aliphatic hydroxyl groups is 1. The van der Waals surface area contributed by atoms with E-state index in [1.807, 2.05) is 30.3 Å². The molecule has 4 nitrogen and oxygen atoms in total. The summed E-state index contributed by atoms with van der Waals surface area (Å²) in [7, 11) is 0. The van der Waals surface area contributed by atoms with E-state index >= 15 is 0 Å². The summed E-state index contributed by atoms with van der Waals surface area (Å²) in [6, 6.07) is 11.1. The minimum Gasteiger partial charge on any atom is -0.463 e. The number of hydrogen-bond acceptors (Lipinski definition) is 4. The van der Waals surface area contributed by atoms with Crippen molar-refractivity contribution < 1.29 is 14.6 Å². The van der Waals surface area contributed by atoms with Crippen LogP contribution in [0.5, 0.6) is 0 Å². The minimum absolute atomic E-state index is 0.320. The third-order valence-electron chi connectivity index (χ3n) is 3.68. The summed E-state index contributed by atoms with van der Waals surface area (Å²) in [4.78, 5) is 15.7. The van der Waals surface area contributed by atoms with Crippen molar-refractivity contribution in [2.24, 2.45) is 0 Å². The van der Waals surface area contributed by atoms with E-state index in [0.29, 0.717) is 12.2 Å². The molecule has 0 saturated carbocycles. The Labute approximate surface area is 136 Å². The Morgan fingerprint density at radius 2 is 1.96 bits per heavy atom. The largest absolute Gasteiger partial charge is 0.463 e. The number of benzene rings is 1. The Hall–Kier alpha value is -2.46. The number of pyridine rings is 1. The first-order valence-corrected chi connectivity index (χ1v) is 7.54. The highest BCUT2D eigenvalue weighted by Gasteiger charge is 2.25. The van der Waals surface area contributed by atoms with Crippen molar-refractivity contribution >= 4 is 12.0 Å². The van der Waals surface area contributed by atoms with Gasteiger partial charge in [-0.05, 0) is 44.0 Å². The van der Waals surface area contributed by atoms with E-state index in [1.165, 1.54) is 0 Å². The summed E-state index contributed by atoms with van der Waals surface area (Å²) in [5.41, 5.74) is 1.79. The fraction of sp³-hybridized carbons (Fsp3) is 0.263. The van der Waals surface area contributed by atoms with Gasteiger partial charge in [-0.3, -0.25) is 4.98 Å². The van der Waals surface area contributed by atoms with E-state index in [1.54, 1.807) is 45.3 Å². The minimum atomic E-state index is -1.12. The molecular formula is C19H21NO3. The molecule has 1 N–H and O–H groups in total. The molecular weight excluding hydrogens is 290 g/mol. The zero-order valence-electron chi connectivity index (χ0n) is 13.6. The number of aromatic nitrogens is 1. The lowest BCUT2D eigenvalue weighted by Gasteiger charge is -2.24. The molecule has 23 heavy (non-hydrogen) atoms. The smallest absolute Gasteiger partial charge is 0.333 e. The molecule has 1 heterocycles. The Morgan fingerprint density at radius 3 is 2.52 bits per heavy atom. The topological polar surface area (TPSA) is 59.4 Å². The molecule has 0 fully saturated rings. The number of carbonyl (C=O) groups is 1. The van der Waals surface area contributed by atoms with Crippen LogP contribution in [-0.4, -0.2) is 22.7 Å². The molecule has 1 atom stereocenters. The van der Waals surface area contributed by atoms with Crippen LogP contribution in [0.1, 0.15) is 37.5 Å². The number of hydrogen-bond donors (Lipinski definition) is 1. The lowest BCUT2D eigenvalue weighted by Crippen LogP contribution is -2.22. The molecule has 0 spiro atoms. The molecule has 0 bridgehead atoms. The van der Waals surface area contributed by atoms with Crippen molar-refractivity contribution in [1.82, 2.24) is 4.98 Å². The average molecular weight is 311 g/mol. The standard InChI is InChI=1S/C19H21NO3/c1-4-23-18(21)14(2)12-15-7-9-16(10-8-15)19(3,22)17-6-5-11-20-13-17/h5-13,22H,4H2,1-3H3/b14-12+. The average Bonchev–Trinajstić information content (AvgIpc) is 2.56. The number of ether oxygens (including phenoxy) is 1. The first-order valence-electron chi connectivity index (χ1n) is 7.54. The van der Waals surface area contributed by atoms with Crippen LogP contribution < -0.4 is 0 Å². The summed E-state index contributed by atoms with van der Waals surface area (Å²) < 4.78 is 4.96. The van der Waals surface area contributed by atoms with Gasteiger partial charge in [0.15, 0.2) is 0 Å². The predicted molar refractivity (Wildman–Crippen MR) is 89.6 cm³/mol. The Kier molecular flexibility index (Phi) is 5.29. The first kappa shape index (κ1) is 16.9. The van der Waals surface area contributed by atoms with Gasteiger partial charge in [0.25, 0.3) is 0 Å². The molecule has 2 rings (SSSR count). The lowest BCUT2D eigenvalue weighted by molar-refractivity contribution is -0.138. The maximum atomic E-state index is 11.6. The zero-order chi connectivity index (χ0) is 16.9. The van der Waals surface area contributed by atoms with Crippen molar-refractivity contribution in [2.75, 3.05) is 6.61 Å². The molecule has 0 aliphatic rings. The molecule has 0 aliphatic carbocycles. The second-order valence-electron chi connectivity index (χ2n) is 5.48. The van der Waals surface area contributed by atoms with Crippen LogP contribution in [0.2, 0.25) is 0 Å². The number of esters is 1. The number of carbonyl (C=O) groups excluding carboxylic acids is 1. The van der Waals surface area contributed by atoms with Gasteiger partial charge in [-0.15, -0.1) is 0 Å². The summed E-state index contributed by atoms with van der Waals surface area (Å²) in [5.74, 6) is -0.320. The summed E-state index contributed by atoms with van der Waals surface area (Å²) in [6.45, 7) is 5.59. The summed E-state index contributed by atoms with van der Waals surface area (Å²) >= 11 is 0. The molecule has 1 aromatic carbocycles. The van der Waals surface area contributed by atoms with Gasteiger partial charge in [-0.25, -0.2) is 4.79 Å². The van der Waals surface area contributed by atoms with Gasteiger partial charge >= 0.3 is 5.97 Å². The highest BCUT2D eigenvalue weighted by molar-refractivity contribution is 5.92. The fourth-order valence-electron chi connectivity index (χ4n) is 2.28. The highest BCUT2D eigenvalue weighted by Crippen LogP contribution is 2.28. The van der Waals surface area contributed by atoms with Crippen LogP contribution >= 0.6 is 0 Å². The summed E-state index contributed by atoms with van der Waals surface area (Å²) in [6.07, 6.45) is 5.09. The zero-order valence-corrected chi connectivity index (χ0v) is 13.6. The lowest BCUT2D eigenvalue weighted by atomic mass is 9.89. The van der Waals surface area contributed by atoms with Gasteiger partial charge in [0.1, 0.15) is 5.60 Å². The molecule has 1 unspecified atom stereocenters. The van der Waals surface area contributed by atoms with Gasteiger partial charge in [0.05, 0.1) is 6.61 Å². The monoisotopic (exact) mass is 311 g/mol. The maximum Gasteiger partial charge on any atom is 0.333 e. The van der Waals surface area contributed by atoms with Crippen LogP contribution in [0.4, 0.5) is 0 Å². The van der Waals surface area contributed by atoms with Crippen LogP contribution in [0.25, 0.3) is 6.08 Å². The van der Waals surface area contributed by atoms with Crippen molar-refractivity contribution in [3.63, 3.8) is 0 Å². The van der Waals surface area contributed by atoms with E-state index < -0.39 is 5.60 Å². The van der Waals surface area contributed by atoms with Crippen molar-refractivity contribution in [2.45, 2.75) is 26.4 Å². The van der Waals surface area contributed by atoms with Crippen LogP contribution in [-0.2, 0) is 15.1 Å². The number of rotatable bonds is 5. The molecule has 2 aromatic rings. The molecule has 0 aliphatic heterocycles. The van der Waals surface area contributed by atoms with Crippen molar-refractivity contribution in [3.8, 4) is 0 Å². The van der Waals surface area contributed by atoms with E-state index in [0.717, 1.165) is 16.7 Å². The summed E-state index contributed by atoms with van der Waals surface area (Å²) in [5, 5.41) is 10.8. The maximum absolute atomic E-state index is 11.6. The number of nitrogens with zero attached hydrogens (tertiary/aromatic N) is 1. The Balaban J connectivity index is 2.23. The molecule has 0 saturated heterocycles. The third kappa shape index (κ3) is 4.05. The molecule has 4 heteroatoms. The van der Waals surface area contributed by atoms with Crippen molar-refractivity contribution in [3.05, 3.63) is 71.1 Å². The van der Waals surface area contributed by atoms with Gasteiger partial charge < -0.3 is 9.84 Å². The molecule has 0 amide bonds. The van der Waals surface area contributed by atoms with Crippen LogP contribution in [0, 0.1) is 0 Å². The van der Waals surface area contributed by atoms with Crippen LogP contribution in [0.3, 0.4) is 0 Å². The van der Waals surface area contributed by atoms with E-state index in [4.69, 9.17) is 4.74 Å². The third-order valence-corrected chi connectivity index (χ3v) is 3.68. The fourth-order valence-corrected chi connectivity index (χ4v) is 2.28. The second-order valence-corrected chi connectivity index (χ2v) is 5.48. The van der Waals surface area contributed by atoms with Gasteiger partial charge in [-0.1, -0.05) is 30.3 Å². The normalized spacial score (nSPS) is 14.2. The second kappa shape index (κ2) is 7.20. The van der Waals surface area contributed by atoms with Crippen LogP contribution in [0.15, 0.2) is 54.4 Å². The van der Waals surface area contributed by atoms with Crippen molar-refractivity contribution in [1.29, 1.82) is 0 Å². The van der Waals surface area contributed by atoms with E-state index in [-0.39, 0.29) is 5.97 Å². The highest BCUT2D eigenvalue weighted by atomic mass is 16.5. The SMILES string of the molecule is CCOC(=O)/C(C)=C/c1ccc(C(C)(O)c2cccnc2)cc1. The van der Waals surface area contributed by atoms with Gasteiger partial charge in [0, 0.05) is 23.5 Å². The Morgan fingerprint density at radius 1 is 1.26 bits per heavy atom. The molecule has 0 radical (unpaired) electrons. The first-order chi connectivity index (χ1) is 10.9. The molecule has 1 aromatic heterocycles. The van der Waals surface area contributed by atoms with E-state index in [9.17, 15) is 9.90 Å². The Bertz CT molecular complexity index is 688. The van der Waals surface area contributed by atoms with Gasteiger partial charge in [0.2, 0.25) is 0 Å².